The fraction of sp³-hybridized carbons (Fsp3) is 0.304. The highest BCUT2D eigenvalue weighted by Crippen LogP contribution is 2.45. The van der Waals surface area contributed by atoms with Crippen LogP contribution in [0.15, 0.2) is 48.7 Å². The lowest BCUT2D eigenvalue weighted by molar-refractivity contribution is 0.0949. The molecule has 4 rings (SSSR count). The fourth-order valence-electron chi connectivity index (χ4n) is 3.94. The van der Waals surface area contributed by atoms with Gasteiger partial charge in [-0.15, -0.1) is 10.2 Å². The van der Waals surface area contributed by atoms with Gasteiger partial charge in [-0.25, -0.2) is 17.6 Å². The van der Waals surface area contributed by atoms with E-state index in [1.54, 1.807) is 6.07 Å². The number of nitrogens with zero attached hydrogens (tertiary/aromatic N) is 3. The van der Waals surface area contributed by atoms with Gasteiger partial charge >= 0.3 is 0 Å². The van der Waals surface area contributed by atoms with Crippen molar-refractivity contribution >= 4 is 11.7 Å². The standard InChI is InChI=1S/C23H21F4N5O/c24-7-9-29-22(33)14-3-4-17(26)16(10-14)19-5-6-20(32-31-19)30-13-23(11-15(25)12-23)21-18(27)2-1-8-28-21/h1-6,8,10,15H,7,9,11-13H2,(H,29,33)(H,30,32). The van der Waals surface area contributed by atoms with Crippen molar-refractivity contribution < 1.29 is 22.4 Å². The van der Waals surface area contributed by atoms with E-state index in [1.165, 1.54) is 36.5 Å². The summed E-state index contributed by atoms with van der Waals surface area (Å²) in [5, 5.41) is 13.5. The second kappa shape index (κ2) is 9.51. The third-order valence-electron chi connectivity index (χ3n) is 5.64. The van der Waals surface area contributed by atoms with E-state index in [0.717, 1.165) is 6.07 Å². The average Bonchev–Trinajstić information content (AvgIpc) is 2.80. The molecule has 2 aromatic heterocycles. The second-order valence-corrected chi connectivity index (χ2v) is 7.92. The molecular formula is C23H21F4N5O. The summed E-state index contributed by atoms with van der Waals surface area (Å²) in [6, 6.07) is 9.59. The quantitative estimate of drug-likeness (QED) is 0.498. The van der Waals surface area contributed by atoms with Crippen LogP contribution in [0.1, 0.15) is 28.9 Å². The van der Waals surface area contributed by atoms with Gasteiger partial charge < -0.3 is 10.6 Å². The number of halogens is 4. The van der Waals surface area contributed by atoms with Crippen molar-refractivity contribution in [2.45, 2.75) is 24.4 Å². The Labute approximate surface area is 187 Å². The van der Waals surface area contributed by atoms with Crippen molar-refractivity contribution in [2.75, 3.05) is 25.1 Å². The first-order chi connectivity index (χ1) is 15.9. The van der Waals surface area contributed by atoms with Gasteiger partial charge in [-0.3, -0.25) is 9.78 Å². The van der Waals surface area contributed by atoms with Crippen LogP contribution < -0.4 is 10.6 Å². The Hall–Kier alpha value is -3.56. The summed E-state index contributed by atoms with van der Waals surface area (Å²) in [4.78, 5) is 16.1. The van der Waals surface area contributed by atoms with E-state index in [4.69, 9.17) is 0 Å². The maximum atomic E-state index is 14.3. The Bertz CT molecular complexity index is 1140. The lowest BCUT2D eigenvalue weighted by atomic mass is 9.65. The van der Waals surface area contributed by atoms with Gasteiger partial charge in [-0.2, -0.15) is 0 Å². The molecule has 3 aromatic rings. The van der Waals surface area contributed by atoms with Crippen LogP contribution in [-0.2, 0) is 5.41 Å². The van der Waals surface area contributed by atoms with E-state index in [9.17, 15) is 22.4 Å². The number of hydrogen-bond acceptors (Lipinski definition) is 5. The van der Waals surface area contributed by atoms with E-state index in [2.05, 4.69) is 25.8 Å². The SMILES string of the molecule is O=C(NCCF)c1ccc(F)c(-c2ccc(NCC3(c4ncccc4F)CC(F)C3)nn2)c1. The normalized spacial score (nSPS) is 19.6. The number of carbonyl (C=O) groups excluding carboxylic acids is 1. The largest absolute Gasteiger partial charge is 0.368 e. The van der Waals surface area contributed by atoms with Gasteiger partial charge in [0.15, 0.2) is 0 Å². The summed E-state index contributed by atoms with van der Waals surface area (Å²) in [5.41, 5.74) is -0.169. The molecule has 10 heteroatoms. The predicted molar refractivity (Wildman–Crippen MR) is 114 cm³/mol. The third kappa shape index (κ3) is 4.79. The Morgan fingerprint density at radius 1 is 1.09 bits per heavy atom. The first-order valence-corrected chi connectivity index (χ1v) is 10.4. The number of anilines is 1. The highest BCUT2D eigenvalue weighted by molar-refractivity contribution is 5.95. The zero-order valence-electron chi connectivity index (χ0n) is 17.5. The lowest BCUT2D eigenvalue weighted by Gasteiger charge is -2.44. The summed E-state index contributed by atoms with van der Waals surface area (Å²) in [6.07, 6.45) is 0.726. The number of nitrogens with one attached hydrogen (secondary N) is 2. The van der Waals surface area contributed by atoms with E-state index in [-0.39, 0.29) is 48.4 Å². The fourth-order valence-corrected chi connectivity index (χ4v) is 3.94. The summed E-state index contributed by atoms with van der Waals surface area (Å²) in [7, 11) is 0. The molecule has 2 heterocycles. The van der Waals surface area contributed by atoms with Crippen LogP contribution in [0.3, 0.4) is 0 Å². The molecular weight excluding hydrogens is 438 g/mol. The van der Waals surface area contributed by atoms with Gasteiger partial charge in [-0.1, -0.05) is 0 Å². The van der Waals surface area contributed by atoms with Crippen molar-refractivity contribution in [1.29, 1.82) is 0 Å². The Morgan fingerprint density at radius 2 is 1.91 bits per heavy atom. The van der Waals surface area contributed by atoms with Gasteiger partial charge in [0, 0.05) is 35.8 Å². The molecule has 2 N–H and O–H groups in total. The van der Waals surface area contributed by atoms with Crippen LogP contribution in [0.4, 0.5) is 23.4 Å². The van der Waals surface area contributed by atoms with Crippen LogP contribution in [0.25, 0.3) is 11.3 Å². The highest BCUT2D eigenvalue weighted by Gasteiger charge is 2.48. The Kier molecular flexibility index (Phi) is 6.52. The maximum absolute atomic E-state index is 14.3. The minimum atomic E-state index is -1.03. The molecule has 0 aliphatic heterocycles. The number of rotatable bonds is 8. The average molecular weight is 459 g/mol. The number of amides is 1. The smallest absolute Gasteiger partial charge is 0.251 e. The lowest BCUT2D eigenvalue weighted by Crippen LogP contribution is -2.49. The van der Waals surface area contributed by atoms with E-state index in [1.807, 2.05) is 0 Å². The molecule has 1 fully saturated rings. The maximum Gasteiger partial charge on any atom is 0.251 e. The van der Waals surface area contributed by atoms with Crippen molar-refractivity contribution in [3.05, 3.63) is 71.6 Å². The van der Waals surface area contributed by atoms with E-state index >= 15 is 0 Å². The molecule has 1 aromatic carbocycles. The monoisotopic (exact) mass is 459 g/mol. The number of benzene rings is 1. The number of alkyl halides is 2. The topological polar surface area (TPSA) is 79.8 Å². The summed E-state index contributed by atoms with van der Waals surface area (Å²) in [5.74, 6) is -1.27. The highest BCUT2D eigenvalue weighted by atomic mass is 19.1. The van der Waals surface area contributed by atoms with Crippen molar-refractivity contribution in [1.82, 2.24) is 20.5 Å². The molecule has 33 heavy (non-hydrogen) atoms. The van der Waals surface area contributed by atoms with Crippen LogP contribution in [0.5, 0.6) is 0 Å². The van der Waals surface area contributed by atoms with Gasteiger partial charge in [-0.05, 0) is 55.3 Å². The molecule has 1 saturated carbocycles. The van der Waals surface area contributed by atoms with Crippen LogP contribution in [-0.4, -0.2) is 47.0 Å². The van der Waals surface area contributed by atoms with E-state index in [0.29, 0.717) is 5.82 Å². The number of pyridine rings is 1. The molecule has 1 amide bonds. The zero-order valence-corrected chi connectivity index (χ0v) is 17.5. The number of hydrogen-bond donors (Lipinski definition) is 2. The second-order valence-electron chi connectivity index (χ2n) is 7.92. The van der Waals surface area contributed by atoms with E-state index < -0.39 is 35.8 Å². The molecule has 0 radical (unpaired) electrons. The number of aromatic nitrogens is 3. The van der Waals surface area contributed by atoms with Crippen molar-refractivity contribution in [2.24, 2.45) is 0 Å². The van der Waals surface area contributed by atoms with Crippen molar-refractivity contribution in [3.63, 3.8) is 0 Å². The Morgan fingerprint density at radius 3 is 2.58 bits per heavy atom. The minimum absolute atomic E-state index is 0.0632. The minimum Gasteiger partial charge on any atom is -0.368 e. The molecule has 6 nitrogen and oxygen atoms in total. The zero-order chi connectivity index (χ0) is 23.4. The van der Waals surface area contributed by atoms with Gasteiger partial charge in [0.2, 0.25) is 0 Å². The molecule has 0 bridgehead atoms. The first kappa shape index (κ1) is 22.6. The molecule has 0 unspecified atom stereocenters. The van der Waals surface area contributed by atoms with Crippen LogP contribution in [0, 0.1) is 11.6 Å². The first-order valence-electron chi connectivity index (χ1n) is 10.4. The molecule has 0 atom stereocenters. The molecule has 0 spiro atoms. The molecule has 1 aliphatic carbocycles. The van der Waals surface area contributed by atoms with Gasteiger partial charge in [0.25, 0.3) is 5.91 Å². The molecule has 0 saturated heterocycles. The predicted octanol–water partition coefficient (Wildman–Crippen LogP) is 4.00. The third-order valence-corrected chi connectivity index (χ3v) is 5.64. The van der Waals surface area contributed by atoms with Crippen LogP contribution in [0.2, 0.25) is 0 Å². The Balaban J connectivity index is 1.49. The summed E-state index contributed by atoms with van der Waals surface area (Å²) in [6.45, 7) is -0.646. The molecule has 172 valence electrons. The molecule has 1 aliphatic rings. The van der Waals surface area contributed by atoms with Crippen molar-refractivity contribution in [3.8, 4) is 11.3 Å². The van der Waals surface area contributed by atoms with Crippen LogP contribution >= 0.6 is 0 Å². The van der Waals surface area contributed by atoms with Gasteiger partial charge in [0.05, 0.1) is 11.4 Å². The summed E-state index contributed by atoms with van der Waals surface area (Å²) < 4.78 is 54.6. The summed E-state index contributed by atoms with van der Waals surface area (Å²) >= 11 is 0. The number of carbonyl (C=O) groups is 1. The van der Waals surface area contributed by atoms with Gasteiger partial charge in [0.1, 0.15) is 30.3 Å².